The number of ether oxygens (including phenoxy) is 1. The molecule has 3 nitrogen and oxygen atoms in total. The monoisotopic (exact) mass is 586 g/mol. The van der Waals surface area contributed by atoms with Gasteiger partial charge in [0.2, 0.25) is 0 Å². The average molecular weight is 588 g/mol. The van der Waals surface area contributed by atoms with Crippen molar-refractivity contribution in [3.8, 4) is 16.9 Å². The highest BCUT2D eigenvalue weighted by Crippen LogP contribution is 2.48. The van der Waals surface area contributed by atoms with Crippen molar-refractivity contribution in [1.29, 1.82) is 0 Å². The summed E-state index contributed by atoms with van der Waals surface area (Å²) >= 11 is 5.73. The fraction of sp³-hybridized carbons (Fsp3) is 0.242. The lowest BCUT2D eigenvalue weighted by atomic mass is 9.89. The summed E-state index contributed by atoms with van der Waals surface area (Å²) in [6.45, 7) is 8.60. The van der Waals surface area contributed by atoms with Crippen LogP contribution >= 0.6 is 27.3 Å². The first kappa shape index (κ1) is 26.5. The van der Waals surface area contributed by atoms with Crippen LogP contribution in [0.1, 0.15) is 41.0 Å². The molecule has 0 radical (unpaired) electrons. The molecule has 0 aliphatic rings. The van der Waals surface area contributed by atoms with Gasteiger partial charge in [-0.3, -0.25) is 0 Å². The van der Waals surface area contributed by atoms with Crippen LogP contribution in [0, 0.1) is 13.8 Å². The Bertz CT molecular complexity index is 1630. The number of aliphatic carboxylic acids is 1. The van der Waals surface area contributed by atoms with Gasteiger partial charge in [-0.05, 0) is 98.9 Å². The summed E-state index contributed by atoms with van der Waals surface area (Å²) in [6, 6.07) is 22.6. The van der Waals surface area contributed by atoms with Gasteiger partial charge in [0.25, 0.3) is 0 Å². The molecule has 0 bridgehead atoms. The Kier molecular flexibility index (Phi) is 7.60. The number of rotatable bonds is 8. The number of hydrogen-bond donors (Lipinski definition) is 1. The molecule has 194 valence electrons. The van der Waals surface area contributed by atoms with E-state index in [2.05, 4.69) is 80.0 Å². The molecule has 0 fully saturated rings. The van der Waals surface area contributed by atoms with Crippen molar-refractivity contribution in [1.82, 2.24) is 0 Å². The highest BCUT2D eigenvalue weighted by atomic mass is 79.9. The maximum absolute atomic E-state index is 12.2. The molecule has 4 aromatic carbocycles. The molecular formula is C33H31BrO3S. The van der Waals surface area contributed by atoms with Crippen LogP contribution < -0.4 is 4.74 Å². The Labute approximate surface area is 236 Å². The number of carboxylic acid groups (broad SMARTS) is 1. The van der Waals surface area contributed by atoms with Gasteiger partial charge in [-0.25, -0.2) is 4.79 Å². The Hall–Kier alpha value is -3.15. The zero-order valence-electron chi connectivity index (χ0n) is 22.1. The largest absolute Gasteiger partial charge is 0.478 e. The smallest absolute Gasteiger partial charge is 0.345 e. The van der Waals surface area contributed by atoms with Crippen LogP contribution in [-0.4, -0.2) is 17.2 Å². The molecule has 5 heteroatoms. The summed E-state index contributed by atoms with van der Waals surface area (Å²) in [7, 11) is 0. The molecule has 5 rings (SSSR count). The molecule has 0 saturated heterocycles. The SMILES string of the molecule is CCc1cc(-c2c3ccccc3c(Br)c3sc(C)c(C)c23)cc(CC)c1OC(Cc1ccccc1)C(=O)O. The van der Waals surface area contributed by atoms with Crippen molar-refractivity contribution in [3.63, 3.8) is 0 Å². The zero-order chi connectivity index (χ0) is 27.0. The Morgan fingerprint density at radius 1 is 0.947 bits per heavy atom. The van der Waals surface area contributed by atoms with E-state index in [4.69, 9.17) is 4.74 Å². The van der Waals surface area contributed by atoms with E-state index in [1.54, 1.807) is 0 Å². The van der Waals surface area contributed by atoms with Gasteiger partial charge < -0.3 is 9.84 Å². The van der Waals surface area contributed by atoms with Crippen molar-refractivity contribution < 1.29 is 14.6 Å². The third kappa shape index (κ3) is 4.74. The Morgan fingerprint density at radius 3 is 2.16 bits per heavy atom. The minimum atomic E-state index is -0.958. The topological polar surface area (TPSA) is 46.5 Å². The fourth-order valence-corrected chi connectivity index (χ4v) is 7.16. The predicted molar refractivity (Wildman–Crippen MR) is 163 cm³/mol. The first-order chi connectivity index (χ1) is 18.3. The van der Waals surface area contributed by atoms with E-state index in [9.17, 15) is 9.90 Å². The quantitative estimate of drug-likeness (QED) is 0.197. The van der Waals surface area contributed by atoms with E-state index in [1.165, 1.54) is 36.9 Å². The number of carbonyl (C=O) groups is 1. The van der Waals surface area contributed by atoms with E-state index in [0.717, 1.165) is 39.6 Å². The lowest BCUT2D eigenvalue weighted by Crippen LogP contribution is -2.30. The van der Waals surface area contributed by atoms with Crippen LogP contribution in [-0.2, 0) is 24.1 Å². The van der Waals surface area contributed by atoms with Crippen molar-refractivity contribution >= 4 is 54.1 Å². The molecular weight excluding hydrogens is 556 g/mol. The number of thiophene rings is 1. The summed E-state index contributed by atoms with van der Waals surface area (Å²) < 4.78 is 8.74. The fourth-order valence-electron chi connectivity index (χ4n) is 5.26. The first-order valence-corrected chi connectivity index (χ1v) is 14.6. The van der Waals surface area contributed by atoms with Gasteiger partial charge in [-0.2, -0.15) is 0 Å². The van der Waals surface area contributed by atoms with E-state index in [-0.39, 0.29) is 0 Å². The van der Waals surface area contributed by atoms with Crippen LogP contribution in [0.4, 0.5) is 0 Å². The van der Waals surface area contributed by atoms with Crippen molar-refractivity contribution in [3.05, 3.63) is 98.3 Å². The molecule has 1 heterocycles. The van der Waals surface area contributed by atoms with Crippen LogP contribution in [0.5, 0.6) is 5.75 Å². The van der Waals surface area contributed by atoms with Gasteiger partial charge in [0.15, 0.2) is 6.10 Å². The van der Waals surface area contributed by atoms with Crippen LogP contribution in [0.15, 0.2) is 71.2 Å². The number of hydrogen-bond acceptors (Lipinski definition) is 3. The predicted octanol–water partition coefficient (Wildman–Crippen LogP) is 9.30. The zero-order valence-corrected chi connectivity index (χ0v) is 24.5. The molecule has 1 unspecified atom stereocenters. The maximum Gasteiger partial charge on any atom is 0.345 e. The molecule has 5 aromatic rings. The highest BCUT2D eigenvalue weighted by Gasteiger charge is 2.25. The molecule has 0 aliphatic carbocycles. The summed E-state index contributed by atoms with van der Waals surface area (Å²) in [6.07, 6.45) is 0.844. The first-order valence-electron chi connectivity index (χ1n) is 13.0. The van der Waals surface area contributed by atoms with Crippen LogP contribution in [0.25, 0.3) is 32.0 Å². The number of benzene rings is 4. The van der Waals surface area contributed by atoms with Gasteiger partial charge in [0.05, 0.1) is 4.70 Å². The van der Waals surface area contributed by atoms with Gasteiger partial charge in [-0.15, -0.1) is 11.3 Å². The van der Waals surface area contributed by atoms with E-state index in [1.807, 2.05) is 41.7 Å². The summed E-state index contributed by atoms with van der Waals surface area (Å²) in [4.78, 5) is 13.5. The summed E-state index contributed by atoms with van der Waals surface area (Å²) in [5, 5.41) is 13.7. The third-order valence-corrected chi connectivity index (χ3v) is 9.67. The average Bonchev–Trinajstić information content (AvgIpc) is 3.23. The third-order valence-electron chi connectivity index (χ3n) is 7.36. The van der Waals surface area contributed by atoms with Crippen molar-refractivity contribution in [2.75, 3.05) is 0 Å². The maximum atomic E-state index is 12.2. The van der Waals surface area contributed by atoms with Crippen molar-refractivity contribution in [2.24, 2.45) is 0 Å². The van der Waals surface area contributed by atoms with Gasteiger partial charge in [0, 0.05) is 21.2 Å². The van der Waals surface area contributed by atoms with E-state index >= 15 is 0 Å². The van der Waals surface area contributed by atoms with E-state index in [0.29, 0.717) is 12.2 Å². The van der Waals surface area contributed by atoms with Crippen molar-refractivity contribution in [2.45, 2.75) is 53.1 Å². The standard InChI is InChI=1S/C33H31BrO3S/c1-5-22-17-24(18-23(6-2)31(22)37-27(33(35)36)16-21-12-8-7-9-13-21)29-25-14-10-11-15-26(25)30(34)32-28(29)19(3)20(4)38-32/h7-15,17-18,27H,5-6,16H2,1-4H3,(H,35,36). The number of halogens is 1. The second-order valence-electron chi connectivity index (χ2n) is 9.69. The molecule has 38 heavy (non-hydrogen) atoms. The van der Waals surface area contributed by atoms with E-state index < -0.39 is 12.1 Å². The summed E-state index contributed by atoms with van der Waals surface area (Å²) in [5.74, 6) is -0.245. The molecule has 0 aliphatic heterocycles. The summed E-state index contributed by atoms with van der Waals surface area (Å²) in [5.41, 5.74) is 6.69. The lowest BCUT2D eigenvalue weighted by molar-refractivity contribution is -0.145. The molecule has 0 spiro atoms. The second-order valence-corrected chi connectivity index (χ2v) is 11.7. The molecule has 0 saturated carbocycles. The number of fused-ring (bicyclic) bond motifs is 2. The van der Waals surface area contributed by atoms with Gasteiger partial charge in [0.1, 0.15) is 5.75 Å². The van der Waals surface area contributed by atoms with Gasteiger partial charge >= 0.3 is 5.97 Å². The lowest BCUT2D eigenvalue weighted by Gasteiger charge is -2.22. The molecule has 0 amide bonds. The molecule has 1 atom stereocenters. The highest BCUT2D eigenvalue weighted by molar-refractivity contribution is 9.11. The normalized spacial score (nSPS) is 12.2. The Morgan fingerprint density at radius 2 is 1.55 bits per heavy atom. The van der Waals surface area contributed by atoms with Crippen LogP contribution in [0.3, 0.4) is 0 Å². The molecule has 1 aromatic heterocycles. The van der Waals surface area contributed by atoms with Crippen LogP contribution in [0.2, 0.25) is 0 Å². The minimum Gasteiger partial charge on any atom is -0.478 e. The number of carboxylic acids is 1. The molecule has 1 N–H and O–H groups in total. The van der Waals surface area contributed by atoms with Gasteiger partial charge in [-0.1, -0.05) is 68.4 Å². The Balaban J connectivity index is 1.70. The number of aryl methyl sites for hydroxylation is 4. The minimum absolute atomic E-state index is 0.315. The second kappa shape index (κ2) is 10.9.